The molecule has 0 radical (unpaired) electrons. The van der Waals surface area contributed by atoms with Crippen LogP contribution in [0.25, 0.3) is 0 Å². The van der Waals surface area contributed by atoms with Crippen LogP contribution in [-0.2, 0) is 4.79 Å². The number of likely N-dealkylation sites (tertiary alicyclic amines) is 1. The van der Waals surface area contributed by atoms with Crippen LogP contribution in [0.3, 0.4) is 0 Å². The zero-order chi connectivity index (χ0) is 14.7. The van der Waals surface area contributed by atoms with E-state index in [1.54, 1.807) is 0 Å². The molecule has 0 bridgehead atoms. The molecule has 20 heavy (non-hydrogen) atoms. The number of thiocarbonyl (C=S) groups is 1. The van der Waals surface area contributed by atoms with Crippen molar-refractivity contribution in [3.8, 4) is 0 Å². The molecule has 1 aromatic carbocycles. The van der Waals surface area contributed by atoms with E-state index in [9.17, 15) is 4.79 Å². The lowest BCUT2D eigenvalue weighted by molar-refractivity contribution is -0.128. The highest BCUT2D eigenvalue weighted by atomic mass is 32.1. The molecule has 0 aliphatic carbocycles. The van der Waals surface area contributed by atoms with E-state index in [4.69, 9.17) is 18.0 Å². The molecule has 1 aliphatic heterocycles. The molecule has 1 saturated heterocycles. The highest BCUT2D eigenvalue weighted by Gasteiger charge is 2.21. The first kappa shape index (κ1) is 14.8. The van der Waals surface area contributed by atoms with E-state index >= 15 is 0 Å². The lowest BCUT2D eigenvalue weighted by Gasteiger charge is -2.26. The smallest absolute Gasteiger partial charge is 0.242 e. The quantitative estimate of drug-likeness (QED) is 0.858. The number of nitrogens with zero attached hydrogens (tertiary/aromatic N) is 2. The summed E-state index contributed by atoms with van der Waals surface area (Å²) in [6.07, 6.45) is 2.22. The van der Waals surface area contributed by atoms with Crippen molar-refractivity contribution in [3.63, 3.8) is 0 Å². The highest BCUT2D eigenvalue weighted by molar-refractivity contribution is 7.80. The molecule has 108 valence electrons. The molecule has 0 atom stereocenters. The maximum absolute atomic E-state index is 12.2. The average Bonchev–Trinajstić information content (AvgIpc) is 2.91. The molecule has 1 fully saturated rings. The van der Waals surface area contributed by atoms with Crippen LogP contribution in [-0.4, -0.2) is 42.5 Å². The van der Waals surface area contributed by atoms with Gasteiger partial charge in [0.1, 0.15) is 4.99 Å². The number of carbonyl (C=O) groups is 1. The molecular formula is C15H21N3OS. The summed E-state index contributed by atoms with van der Waals surface area (Å²) in [6, 6.07) is 5.85. The predicted octanol–water partition coefficient (Wildman–Crippen LogP) is 1.69. The minimum absolute atomic E-state index is 0.169. The van der Waals surface area contributed by atoms with Gasteiger partial charge in [0.05, 0.1) is 12.2 Å². The second kappa shape index (κ2) is 6.22. The fourth-order valence-electron chi connectivity index (χ4n) is 2.71. The van der Waals surface area contributed by atoms with E-state index in [0.29, 0.717) is 11.5 Å². The minimum atomic E-state index is 0.169. The largest absolute Gasteiger partial charge is 0.389 e. The first-order valence-corrected chi connectivity index (χ1v) is 7.30. The first-order chi connectivity index (χ1) is 9.50. The van der Waals surface area contributed by atoms with Crippen LogP contribution in [0.5, 0.6) is 0 Å². The number of para-hydroxylation sites is 1. The third-order valence-electron chi connectivity index (χ3n) is 3.72. The number of nitrogens with two attached hydrogens (primary N) is 1. The summed E-state index contributed by atoms with van der Waals surface area (Å²) in [5, 5.41) is 0. The first-order valence-electron chi connectivity index (χ1n) is 6.89. The van der Waals surface area contributed by atoms with Crippen molar-refractivity contribution in [1.82, 2.24) is 4.90 Å². The Morgan fingerprint density at radius 3 is 2.65 bits per heavy atom. The minimum Gasteiger partial charge on any atom is -0.389 e. The number of hydrogen-bond donors (Lipinski definition) is 1. The summed E-state index contributed by atoms with van der Waals surface area (Å²) in [5.41, 5.74) is 8.64. The Hall–Kier alpha value is -1.62. The molecule has 0 saturated carbocycles. The Morgan fingerprint density at radius 2 is 2.05 bits per heavy atom. The van der Waals surface area contributed by atoms with Crippen molar-refractivity contribution in [2.24, 2.45) is 5.73 Å². The molecule has 0 spiro atoms. The number of benzene rings is 1. The average molecular weight is 291 g/mol. The second-order valence-electron chi connectivity index (χ2n) is 5.28. The normalized spacial score (nSPS) is 14.4. The number of rotatable bonds is 4. The number of hydrogen-bond acceptors (Lipinski definition) is 3. The summed E-state index contributed by atoms with van der Waals surface area (Å²) in [6.45, 7) is 4.12. The molecule has 5 heteroatoms. The van der Waals surface area contributed by atoms with Gasteiger partial charge in [0.2, 0.25) is 5.91 Å². The SMILES string of the molecule is Cc1cccc(C(N)=S)c1N(C)CC(=O)N1CCCC1. The number of aryl methyl sites for hydroxylation is 1. The Kier molecular flexibility index (Phi) is 4.60. The van der Waals surface area contributed by atoms with Gasteiger partial charge in [-0.25, -0.2) is 0 Å². The van der Waals surface area contributed by atoms with Crippen LogP contribution in [0.2, 0.25) is 0 Å². The van der Waals surface area contributed by atoms with E-state index in [0.717, 1.165) is 42.7 Å². The van der Waals surface area contributed by atoms with Gasteiger partial charge in [-0.05, 0) is 31.4 Å². The molecule has 0 aromatic heterocycles. The molecule has 1 amide bonds. The summed E-state index contributed by atoms with van der Waals surface area (Å²) in [4.78, 5) is 16.5. The van der Waals surface area contributed by atoms with Gasteiger partial charge in [0.15, 0.2) is 0 Å². The molecule has 1 heterocycles. The number of carbonyl (C=O) groups excluding carboxylic acids is 1. The lowest BCUT2D eigenvalue weighted by Crippen LogP contribution is -2.38. The molecule has 0 unspecified atom stereocenters. The number of amides is 1. The molecule has 2 N–H and O–H groups in total. The third kappa shape index (κ3) is 3.10. The predicted molar refractivity (Wildman–Crippen MR) is 86.2 cm³/mol. The fourth-order valence-corrected chi connectivity index (χ4v) is 2.88. The standard InChI is InChI=1S/C15H21N3OS/c1-11-6-5-7-12(15(16)20)14(11)17(2)10-13(19)18-8-3-4-9-18/h5-7H,3-4,8-10H2,1-2H3,(H2,16,20). The van der Waals surface area contributed by atoms with E-state index in [1.807, 2.05) is 42.0 Å². The summed E-state index contributed by atoms with van der Waals surface area (Å²) in [5.74, 6) is 0.169. The van der Waals surface area contributed by atoms with Crippen molar-refractivity contribution < 1.29 is 4.79 Å². The Bertz CT molecular complexity index is 524. The number of anilines is 1. The van der Waals surface area contributed by atoms with Crippen molar-refractivity contribution in [2.75, 3.05) is 31.6 Å². The van der Waals surface area contributed by atoms with Gasteiger partial charge in [0, 0.05) is 25.7 Å². The summed E-state index contributed by atoms with van der Waals surface area (Å²) >= 11 is 5.11. The van der Waals surface area contributed by atoms with Crippen molar-refractivity contribution in [2.45, 2.75) is 19.8 Å². The van der Waals surface area contributed by atoms with E-state index in [1.165, 1.54) is 0 Å². The van der Waals surface area contributed by atoms with Crippen LogP contribution in [0.15, 0.2) is 18.2 Å². The fraction of sp³-hybridized carbons (Fsp3) is 0.467. The Morgan fingerprint density at radius 1 is 1.40 bits per heavy atom. The molecular weight excluding hydrogens is 270 g/mol. The molecule has 1 aliphatic rings. The van der Waals surface area contributed by atoms with Gasteiger partial charge >= 0.3 is 0 Å². The second-order valence-corrected chi connectivity index (χ2v) is 5.72. The van der Waals surface area contributed by atoms with Crippen molar-refractivity contribution >= 4 is 28.8 Å². The van der Waals surface area contributed by atoms with E-state index < -0.39 is 0 Å². The van der Waals surface area contributed by atoms with Crippen LogP contribution in [0.4, 0.5) is 5.69 Å². The van der Waals surface area contributed by atoms with Gasteiger partial charge in [-0.1, -0.05) is 24.4 Å². The van der Waals surface area contributed by atoms with E-state index in [2.05, 4.69) is 0 Å². The van der Waals surface area contributed by atoms with Gasteiger partial charge in [-0.3, -0.25) is 4.79 Å². The maximum atomic E-state index is 12.2. The summed E-state index contributed by atoms with van der Waals surface area (Å²) in [7, 11) is 1.91. The van der Waals surface area contributed by atoms with E-state index in [-0.39, 0.29) is 5.91 Å². The van der Waals surface area contributed by atoms with Gasteiger partial charge < -0.3 is 15.5 Å². The molecule has 4 nitrogen and oxygen atoms in total. The Labute approximate surface area is 125 Å². The Balaban J connectivity index is 2.18. The van der Waals surface area contributed by atoms with Gasteiger partial charge in [-0.2, -0.15) is 0 Å². The monoisotopic (exact) mass is 291 g/mol. The van der Waals surface area contributed by atoms with Gasteiger partial charge in [-0.15, -0.1) is 0 Å². The van der Waals surface area contributed by atoms with Crippen LogP contribution in [0, 0.1) is 6.92 Å². The summed E-state index contributed by atoms with van der Waals surface area (Å²) < 4.78 is 0. The molecule has 2 rings (SSSR count). The topological polar surface area (TPSA) is 49.6 Å². The van der Waals surface area contributed by atoms with Crippen LogP contribution >= 0.6 is 12.2 Å². The maximum Gasteiger partial charge on any atom is 0.242 e. The van der Waals surface area contributed by atoms with Crippen molar-refractivity contribution in [1.29, 1.82) is 0 Å². The zero-order valence-corrected chi connectivity index (χ0v) is 12.9. The van der Waals surface area contributed by atoms with Crippen LogP contribution in [0.1, 0.15) is 24.0 Å². The van der Waals surface area contributed by atoms with Crippen molar-refractivity contribution in [3.05, 3.63) is 29.3 Å². The number of likely N-dealkylation sites (N-methyl/N-ethyl adjacent to an activating group) is 1. The highest BCUT2D eigenvalue weighted by Crippen LogP contribution is 2.24. The van der Waals surface area contributed by atoms with Crippen LogP contribution < -0.4 is 10.6 Å². The molecule has 1 aromatic rings. The van der Waals surface area contributed by atoms with Gasteiger partial charge in [0.25, 0.3) is 0 Å². The lowest BCUT2D eigenvalue weighted by atomic mass is 10.1. The third-order valence-corrected chi connectivity index (χ3v) is 3.94. The zero-order valence-electron chi connectivity index (χ0n) is 12.1.